The van der Waals surface area contributed by atoms with Gasteiger partial charge < -0.3 is 4.74 Å². The van der Waals surface area contributed by atoms with Crippen molar-refractivity contribution >= 4 is 34.4 Å². The molecule has 3 nitrogen and oxygen atoms in total. The number of aromatic nitrogens is 1. The molecule has 1 aliphatic rings. The summed E-state index contributed by atoms with van der Waals surface area (Å²) in [5.41, 5.74) is 2.65. The van der Waals surface area contributed by atoms with Crippen molar-refractivity contribution in [2.45, 2.75) is 22.9 Å². The third kappa shape index (κ3) is 5.14. The fourth-order valence-corrected chi connectivity index (χ4v) is 5.36. The first kappa shape index (κ1) is 19.9. The minimum absolute atomic E-state index is 0.127. The Kier molecular flexibility index (Phi) is 7.01. The van der Waals surface area contributed by atoms with Gasteiger partial charge >= 0.3 is 0 Å². The van der Waals surface area contributed by atoms with E-state index in [1.54, 1.807) is 0 Å². The van der Waals surface area contributed by atoms with E-state index in [0.717, 1.165) is 31.3 Å². The van der Waals surface area contributed by atoms with E-state index >= 15 is 0 Å². The highest BCUT2D eigenvalue weighted by molar-refractivity contribution is 14.1. The molecular formula is C23H23IN2OS. The molecular weight excluding hydrogens is 479 g/mol. The number of halogens is 1. The van der Waals surface area contributed by atoms with E-state index in [1.165, 1.54) is 14.7 Å². The van der Waals surface area contributed by atoms with E-state index in [1.807, 2.05) is 24.0 Å². The van der Waals surface area contributed by atoms with Crippen molar-refractivity contribution in [2.24, 2.45) is 0 Å². The third-order valence-corrected chi connectivity index (χ3v) is 7.47. The van der Waals surface area contributed by atoms with E-state index < -0.39 is 0 Å². The van der Waals surface area contributed by atoms with E-state index in [-0.39, 0.29) is 11.4 Å². The Morgan fingerprint density at radius 1 is 1.04 bits per heavy atom. The third-order valence-electron chi connectivity index (χ3n) is 4.86. The molecule has 2 aromatic carbocycles. The summed E-state index contributed by atoms with van der Waals surface area (Å²) in [5.74, 6) is 0. The van der Waals surface area contributed by atoms with Gasteiger partial charge in [-0.1, -0.05) is 72.4 Å². The normalized spacial score (nSPS) is 18.7. The van der Waals surface area contributed by atoms with Gasteiger partial charge in [-0.15, -0.1) is 0 Å². The standard InChI is InChI=1S/C23H23IN2OS/c24-20-12-7-13-25-23(20)28-22(19-10-5-2-6-11-19)21-17-26(14-15-27-21)16-18-8-3-1-4-9-18/h1-13,21-22H,14-17H2. The molecule has 1 fully saturated rings. The second kappa shape index (κ2) is 9.87. The molecule has 1 aromatic heterocycles. The number of nitrogens with zero attached hydrogens (tertiary/aromatic N) is 2. The Morgan fingerprint density at radius 3 is 2.54 bits per heavy atom. The Bertz CT molecular complexity index is 878. The molecule has 0 aliphatic carbocycles. The summed E-state index contributed by atoms with van der Waals surface area (Å²) >= 11 is 4.18. The fraction of sp³-hybridized carbons (Fsp3) is 0.261. The highest BCUT2D eigenvalue weighted by atomic mass is 127. The first-order chi connectivity index (χ1) is 13.8. The molecule has 0 amide bonds. The highest BCUT2D eigenvalue weighted by Crippen LogP contribution is 2.40. The molecule has 0 N–H and O–H groups in total. The minimum Gasteiger partial charge on any atom is -0.374 e. The predicted molar refractivity (Wildman–Crippen MR) is 123 cm³/mol. The number of morpholine rings is 1. The van der Waals surface area contributed by atoms with Gasteiger partial charge in [-0.3, -0.25) is 4.90 Å². The lowest BCUT2D eigenvalue weighted by Gasteiger charge is -2.37. The Hall–Kier alpha value is -1.41. The number of hydrogen-bond acceptors (Lipinski definition) is 4. The van der Waals surface area contributed by atoms with Crippen LogP contribution in [-0.4, -0.2) is 35.7 Å². The molecule has 1 aliphatic heterocycles. The molecule has 3 aromatic rings. The second-order valence-corrected chi connectivity index (χ2v) is 9.16. The van der Waals surface area contributed by atoms with Gasteiger partial charge in [0.2, 0.25) is 0 Å². The molecule has 2 unspecified atom stereocenters. The number of ether oxygens (including phenoxy) is 1. The van der Waals surface area contributed by atoms with E-state index in [2.05, 4.69) is 99.2 Å². The molecule has 2 heterocycles. The molecule has 0 saturated carbocycles. The number of rotatable bonds is 6. The lowest BCUT2D eigenvalue weighted by molar-refractivity contribution is -0.0320. The maximum Gasteiger partial charge on any atom is 0.110 e. The van der Waals surface area contributed by atoms with Crippen molar-refractivity contribution in [3.8, 4) is 0 Å². The summed E-state index contributed by atoms with van der Waals surface area (Å²) in [5, 5.41) is 1.28. The quantitative estimate of drug-likeness (QED) is 0.332. The first-order valence-corrected chi connectivity index (χ1v) is 11.5. The molecule has 144 valence electrons. The topological polar surface area (TPSA) is 25.4 Å². The Morgan fingerprint density at radius 2 is 1.79 bits per heavy atom. The van der Waals surface area contributed by atoms with Gasteiger partial charge in [-0.25, -0.2) is 4.98 Å². The van der Waals surface area contributed by atoms with Crippen molar-refractivity contribution in [3.63, 3.8) is 0 Å². The zero-order valence-electron chi connectivity index (χ0n) is 15.6. The molecule has 5 heteroatoms. The van der Waals surface area contributed by atoms with Crippen molar-refractivity contribution in [1.29, 1.82) is 0 Å². The summed E-state index contributed by atoms with van der Waals surface area (Å²) in [7, 11) is 0. The zero-order chi connectivity index (χ0) is 19.2. The van der Waals surface area contributed by atoms with Crippen LogP contribution in [0.3, 0.4) is 0 Å². The van der Waals surface area contributed by atoms with Crippen LogP contribution in [0.5, 0.6) is 0 Å². The van der Waals surface area contributed by atoms with E-state index in [4.69, 9.17) is 4.74 Å². The lowest BCUT2D eigenvalue weighted by atomic mass is 10.1. The van der Waals surface area contributed by atoms with Crippen LogP contribution in [-0.2, 0) is 11.3 Å². The summed E-state index contributed by atoms with van der Waals surface area (Å²) in [6, 6.07) is 25.5. The van der Waals surface area contributed by atoms with Gasteiger partial charge in [-0.05, 0) is 45.9 Å². The van der Waals surface area contributed by atoms with Gasteiger partial charge in [0.25, 0.3) is 0 Å². The van der Waals surface area contributed by atoms with Gasteiger partial charge in [0, 0.05) is 29.4 Å². The van der Waals surface area contributed by atoms with E-state index in [0.29, 0.717) is 0 Å². The number of benzene rings is 2. The van der Waals surface area contributed by atoms with Gasteiger partial charge in [0.1, 0.15) is 5.03 Å². The maximum atomic E-state index is 6.28. The molecule has 0 bridgehead atoms. The highest BCUT2D eigenvalue weighted by Gasteiger charge is 2.31. The summed E-state index contributed by atoms with van der Waals surface area (Å²) in [6.07, 6.45) is 2.00. The number of thioether (sulfide) groups is 1. The van der Waals surface area contributed by atoms with Gasteiger partial charge in [0.15, 0.2) is 0 Å². The van der Waals surface area contributed by atoms with Crippen molar-refractivity contribution in [3.05, 3.63) is 93.7 Å². The summed E-state index contributed by atoms with van der Waals surface area (Å²) < 4.78 is 7.47. The van der Waals surface area contributed by atoms with Crippen LogP contribution in [0.4, 0.5) is 0 Å². The average molecular weight is 502 g/mol. The number of hydrogen-bond donors (Lipinski definition) is 0. The van der Waals surface area contributed by atoms with Crippen LogP contribution < -0.4 is 0 Å². The monoisotopic (exact) mass is 502 g/mol. The predicted octanol–water partition coefficient (Wildman–Crippen LogP) is 5.42. The number of pyridine rings is 1. The SMILES string of the molecule is Ic1cccnc1SC(c1ccccc1)C1CN(Cc2ccccc2)CCO1. The van der Waals surface area contributed by atoms with Crippen LogP contribution in [0.15, 0.2) is 84.0 Å². The average Bonchev–Trinajstić information content (AvgIpc) is 2.75. The molecule has 0 radical (unpaired) electrons. The Labute approximate surface area is 184 Å². The van der Waals surface area contributed by atoms with Crippen molar-refractivity contribution in [2.75, 3.05) is 19.7 Å². The minimum atomic E-state index is 0.127. The molecule has 28 heavy (non-hydrogen) atoms. The molecule has 2 atom stereocenters. The first-order valence-electron chi connectivity index (χ1n) is 9.49. The van der Waals surface area contributed by atoms with Crippen LogP contribution in [0.1, 0.15) is 16.4 Å². The van der Waals surface area contributed by atoms with Crippen molar-refractivity contribution in [1.82, 2.24) is 9.88 Å². The van der Waals surface area contributed by atoms with Crippen LogP contribution >= 0.6 is 34.4 Å². The second-order valence-electron chi connectivity index (χ2n) is 6.87. The van der Waals surface area contributed by atoms with Crippen LogP contribution in [0, 0.1) is 3.57 Å². The lowest BCUT2D eigenvalue weighted by Crippen LogP contribution is -2.44. The largest absolute Gasteiger partial charge is 0.374 e. The molecule has 1 saturated heterocycles. The smallest absolute Gasteiger partial charge is 0.110 e. The molecule has 0 spiro atoms. The van der Waals surface area contributed by atoms with Crippen LogP contribution in [0.2, 0.25) is 0 Å². The Balaban J connectivity index is 1.54. The van der Waals surface area contributed by atoms with Gasteiger partial charge in [0.05, 0.1) is 18.0 Å². The van der Waals surface area contributed by atoms with E-state index in [9.17, 15) is 0 Å². The summed E-state index contributed by atoms with van der Waals surface area (Å²) in [6.45, 7) is 3.62. The van der Waals surface area contributed by atoms with Crippen molar-refractivity contribution < 1.29 is 4.74 Å². The van der Waals surface area contributed by atoms with Gasteiger partial charge in [-0.2, -0.15) is 0 Å². The summed E-state index contributed by atoms with van der Waals surface area (Å²) in [4.78, 5) is 7.11. The maximum absolute atomic E-state index is 6.28. The fourth-order valence-electron chi connectivity index (χ4n) is 3.48. The zero-order valence-corrected chi connectivity index (χ0v) is 18.6. The van der Waals surface area contributed by atoms with Crippen LogP contribution in [0.25, 0.3) is 0 Å². The molecule has 4 rings (SSSR count).